The maximum absolute atomic E-state index is 14.3. The Balaban J connectivity index is 0.000000872. The van der Waals surface area contributed by atoms with Crippen molar-refractivity contribution in [3.8, 4) is 11.3 Å². The van der Waals surface area contributed by atoms with E-state index in [2.05, 4.69) is 20.4 Å². The lowest BCUT2D eigenvalue weighted by molar-refractivity contribution is -0.399. The van der Waals surface area contributed by atoms with Crippen LogP contribution in [-0.2, 0) is 10.7 Å². The molecule has 2 aromatic carbocycles. The second-order valence-corrected chi connectivity index (χ2v) is 10.2. The van der Waals surface area contributed by atoms with Gasteiger partial charge in [-0.3, -0.25) is 0 Å². The summed E-state index contributed by atoms with van der Waals surface area (Å²) in [7, 11) is 0. The Labute approximate surface area is 270 Å². The number of carboxylic acids is 1. The van der Waals surface area contributed by atoms with Gasteiger partial charge in [0.25, 0.3) is 0 Å². The molecule has 0 aliphatic carbocycles. The van der Waals surface area contributed by atoms with E-state index in [4.69, 9.17) is 15.6 Å². The number of hydrogen-bond acceptors (Lipinski definition) is 6. The van der Waals surface area contributed by atoms with Gasteiger partial charge in [0.1, 0.15) is 23.7 Å². The Morgan fingerprint density at radius 3 is 1.90 bits per heavy atom. The zero-order valence-electron chi connectivity index (χ0n) is 24.7. The highest BCUT2D eigenvalue weighted by atomic mass is 19.4. The second-order valence-electron chi connectivity index (χ2n) is 10.2. The van der Waals surface area contributed by atoms with Crippen molar-refractivity contribution < 1.29 is 71.8 Å². The minimum atomic E-state index is -7.15. The monoisotopic (exact) mass is 737 g/mol. The molecule has 0 aliphatic rings. The maximum Gasteiger partial charge on any atom is 0.490 e. The Hall–Kier alpha value is -5.38. The van der Waals surface area contributed by atoms with Gasteiger partial charge in [0.15, 0.2) is 5.65 Å². The summed E-state index contributed by atoms with van der Waals surface area (Å²) in [6.45, 7) is 3.73. The molecule has 4 aromatic rings. The normalized spacial score (nSPS) is 12.8. The molecule has 272 valence electrons. The number of aliphatic carboxylic acids is 1. The molecule has 0 saturated heterocycles. The molecule has 0 spiro atoms. The number of carbonyl (C=O) groups is 2. The molecule has 0 radical (unpaired) electrons. The number of hydrogen-bond donors (Lipinski definition) is 4. The van der Waals surface area contributed by atoms with Gasteiger partial charge in [-0.25, -0.2) is 28.6 Å². The fourth-order valence-electron chi connectivity index (χ4n) is 3.93. The highest BCUT2D eigenvalue weighted by Crippen LogP contribution is 2.56. The first-order valence-electron chi connectivity index (χ1n) is 13.2. The van der Waals surface area contributed by atoms with E-state index in [1.807, 2.05) is 13.8 Å². The van der Waals surface area contributed by atoms with Crippen molar-refractivity contribution in [3.63, 3.8) is 0 Å². The van der Waals surface area contributed by atoms with E-state index in [0.29, 0.717) is 22.3 Å². The fourth-order valence-corrected chi connectivity index (χ4v) is 3.93. The number of carbonyl (C=O) groups excluding carboxylic acids is 1. The molecule has 0 saturated carbocycles. The Bertz CT molecular complexity index is 1870. The number of urea groups is 1. The van der Waals surface area contributed by atoms with Crippen LogP contribution in [0.5, 0.6) is 0 Å². The van der Waals surface area contributed by atoms with Gasteiger partial charge in [-0.15, -0.1) is 0 Å². The molecule has 50 heavy (non-hydrogen) atoms. The summed E-state index contributed by atoms with van der Waals surface area (Å²) in [6, 6.07) is 4.11. The van der Waals surface area contributed by atoms with Crippen LogP contribution in [0.4, 0.5) is 79.1 Å². The standard InChI is InChI=1S/C25H19F10N7O.C2HF3O2/c1-11(2)42-20-17(19(36)37-10-38-20)18(41-42)12-3-6-14(7-4-12)39-21(43)40-16-9-13(5-8-15(16)26)22(27,28)23(29,30)24(31,32)25(33,34)35;3-2(4,5)1(6)7/h3-11H,1-2H3,(H2,36,37,38)(H2,39,40,43);(H,6,7). The lowest BCUT2D eigenvalue weighted by Gasteiger charge is -2.34. The van der Waals surface area contributed by atoms with Crippen molar-refractivity contribution in [2.45, 2.75) is 50.0 Å². The second kappa shape index (κ2) is 13.5. The van der Waals surface area contributed by atoms with Crippen molar-refractivity contribution in [2.75, 3.05) is 16.4 Å². The minimum Gasteiger partial charge on any atom is -0.475 e. The van der Waals surface area contributed by atoms with Crippen LogP contribution in [0.25, 0.3) is 22.3 Å². The lowest BCUT2D eigenvalue weighted by Crippen LogP contribution is -2.59. The Morgan fingerprint density at radius 2 is 1.40 bits per heavy atom. The van der Waals surface area contributed by atoms with E-state index in [1.54, 1.807) is 10.00 Å². The molecule has 4 rings (SSSR count). The highest BCUT2D eigenvalue weighted by Gasteiger charge is 2.82. The molecule has 23 heteroatoms. The molecule has 10 nitrogen and oxygen atoms in total. The van der Waals surface area contributed by atoms with Crippen LogP contribution in [0.2, 0.25) is 0 Å². The lowest BCUT2D eigenvalue weighted by atomic mass is 9.96. The topological polar surface area (TPSA) is 148 Å². The molecule has 0 fully saturated rings. The number of fused-ring (bicyclic) bond motifs is 1. The number of anilines is 3. The van der Waals surface area contributed by atoms with Crippen molar-refractivity contribution >= 4 is 40.2 Å². The van der Waals surface area contributed by atoms with Gasteiger partial charge in [0.2, 0.25) is 0 Å². The van der Waals surface area contributed by atoms with Crippen molar-refractivity contribution in [2.24, 2.45) is 0 Å². The molecule has 0 atom stereocenters. The van der Waals surface area contributed by atoms with Crippen molar-refractivity contribution in [1.82, 2.24) is 19.7 Å². The van der Waals surface area contributed by atoms with Gasteiger partial charge >= 0.3 is 42.1 Å². The number of benzene rings is 2. The molecule has 5 N–H and O–H groups in total. The maximum atomic E-state index is 14.3. The smallest absolute Gasteiger partial charge is 0.475 e. The van der Waals surface area contributed by atoms with Gasteiger partial charge in [-0.05, 0) is 44.2 Å². The number of aromatic nitrogens is 4. The average Bonchev–Trinajstić information content (AvgIpc) is 3.39. The van der Waals surface area contributed by atoms with Gasteiger partial charge < -0.3 is 21.5 Å². The van der Waals surface area contributed by atoms with E-state index in [-0.39, 0.29) is 35.7 Å². The third-order valence-corrected chi connectivity index (χ3v) is 6.39. The van der Waals surface area contributed by atoms with E-state index >= 15 is 0 Å². The first kappa shape index (κ1) is 39.1. The predicted octanol–water partition coefficient (Wildman–Crippen LogP) is 8.00. The summed E-state index contributed by atoms with van der Waals surface area (Å²) < 4.78 is 168. The zero-order chi connectivity index (χ0) is 38.2. The number of halogens is 13. The third kappa shape index (κ3) is 7.59. The van der Waals surface area contributed by atoms with Crippen LogP contribution >= 0.6 is 0 Å². The third-order valence-electron chi connectivity index (χ3n) is 6.39. The molecule has 0 bridgehead atoms. The van der Waals surface area contributed by atoms with E-state index < -0.39 is 59.2 Å². The first-order valence-corrected chi connectivity index (χ1v) is 13.2. The molecule has 2 aromatic heterocycles. The summed E-state index contributed by atoms with van der Waals surface area (Å²) >= 11 is 0. The quantitative estimate of drug-likeness (QED) is 0.141. The largest absolute Gasteiger partial charge is 0.490 e. The van der Waals surface area contributed by atoms with Crippen molar-refractivity contribution in [1.29, 1.82) is 0 Å². The van der Waals surface area contributed by atoms with Gasteiger partial charge in [-0.2, -0.15) is 57.8 Å². The van der Waals surface area contributed by atoms with Gasteiger partial charge in [0, 0.05) is 22.9 Å². The Kier molecular flexibility index (Phi) is 10.5. The average molecular weight is 737 g/mol. The van der Waals surface area contributed by atoms with Gasteiger partial charge in [0.05, 0.1) is 11.1 Å². The SMILES string of the molecule is CC(C)n1nc(-c2ccc(NC(=O)Nc3cc(C(F)(F)C(F)(F)C(F)(F)C(F)(F)F)ccc3F)cc2)c2c(N)ncnc21.O=C(O)C(F)(F)F. The number of nitrogens with two attached hydrogens (primary N) is 1. The van der Waals surface area contributed by atoms with Crippen LogP contribution in [0, 0.1) is 5.82 Å². The van der Waals surface area contributed by atoms with Crippen LogP contribution in [0.1, 0.15) is 25.5 Å². The Morgan fingerprint density at radius 1 is 0.840 bits per heavy atom. The number of carboxylic acid groups (broad SMARTS) is 1. The number of nitrogens with zero attached hydrogens (tertiary/aromatic N) is 4. The van der Waals surface area contributed by atoms with Crippen LogP contribution < -0.4 is 16.4 Å². The summed E-state index contributed by atoms with van der Waals surface area (Å²) in [5.74, 6) is -24.3. The number of nitrogens with one attached hydrogen (secondary N) is 2. The first-order chi connectivity index (χ1) is 22.7. The summed E-state index contributed by atoms with van der Waals surface area (Å²) in [6.07, 6.45) is -10.8. The van der Waals surface area contributed by atoms with Crippen LogP contribution in [0.15, 0.2) is 48.8 Å². The molecule has 0 unspecified atom stereocenters. The zero-order valence-corrected chi connectivity index (χ0v) is 24.7. The number of amides is 2. The minimum absolute atomic E-state index is 0.0521. The van der Waals surface area contributed by atoms with E-state index in [1.165, 1.54) is 30.6 Å². The summed E-state index contributed by atoms with van der Waals surface area (Å²) in [4.78, 5) is 29.5. The number of alkyl halides is 12. The fraction of sp³-hybridized carbons (Fsp3) is 0.296. The number of rotatable bonds is 7. The van der Waals surface area contributed by atoms with Crippen LogP contribution in [0.3, 0.4) is 0 Å². The van der Waals surface area contributed by atoms with E-state index in [9.17, 15) is 61.9 Å². The highest BCUT2D eigenvalue weighted by molar-refractivity contribution is 6.01. The molecular formula is C27H20F13N7O3. The molecule has 2 heterocycles. The molecule has 2 amide bonds. The molecule has 0 aliphatic heterocycles. The van der Waals surface area contributed by atoms with E-state index in [0.717, 1.165) is 0 Å². The van der Waals surface area contributed by atoms with Crippen molar-refractivity contribution in [3.05, 3.63) is 60.2 Å². The summed E-state index contributed by atoms with van der Waals surface area (Å²) in [5, 5.41) is 16.0. The number of nitrogen functional groups attached to an aromatic ring is 1. The summed E-state index contributed by atoms with van der Waals surface area (Å²) in [5.41, 5.74) is 4.13. The predicted molar refractivity (Wildman–Crippen MR) is 148 cm³/mol. The molecular weight excluding hydrogens is 717 g/mol. The van der Waals surface area contributed by atoms with Gasteiger partial charge in [-0.1, -0.05) is 12.1 Å². The van der Waals surface area contributed by atoms with Crippen LogP contribution in [-0.4, -0.2) is 61.1 Å².